The van der Waals surface area contributed by atoms with E-state index in [0.29, 0.717) is 36.6 Å². The SMILES string of the molecule is Cc1ccc(S(=O)(=O)NC(CNC(=O)c2cc3n(c2)CCCN(C(C)(C)c2ccc(NC(=O)Nc4ccccc4C)cc2)C3=O)C(=O)O)cc1. The van der Waals surface area contributed by atoms with Crippen molar-refractivity contribution < 1.29 is 32.7 Å². The zero-order valence-corrected chi connectivity index (χ0v) is 29.0. The molecular weight excluding hydrogens is 660 g/mol. The first-order valence-corrected chi connectivity index (χ1v) is 17.5. The van der Waals surface area contributed by atoms with Crippen molar-refractivity contribution in [3.63, 3.8) is 0 Å². The number of nitrogens with one attached hydrogen (secondary N) is 4. The van der Waals surface area contributed by atoms with E-state index >= 15 is 0 Å². The third-order valence-corrected chi connectivity index (χ3v) is 10.2. The van der Waals surface area contributed by atoms with Crippen molar-refractivity contribution in [3.05, 3.63) is 113 Å². The van der Waals surface area contributed by atoms with Crippen molar-refractivity contribution in [2.24, 2.45) is 0 Å². The average molecular weight is 701 g/mol. The van der Waals surface area contributed by atoms with Crippen LogP contribution in [0, 0.1) is 13.8 Å². The number of para-hydroxylation sites is 1. The number of anilines is 2. The minimum absolute atomic E-state index is 0.100. The molecule has 0 saturated carbocycles. The molecule has 0 fully saturated rings. The summed E-state index contributed by atoms with van der Waals surface area (Å²) in [6.45, 7) is 7.95. The number of urea groups is 1. The summed E-state index contributed by atoms with van der Waals surface area (Å²) in [4.78, 5) is 53.2. The molecule has 0 bridgehead atoms. The largest absolute Gasteiger partial charge is 0.480 e. The number of benzene rings is 3. The van der Waals surface area contributed by atoms with Crippen LogP contribution in [-0.4, -0.2) is 65.9 Å². The van der Waals surface area contributed by atoms with E-state index in [-0.39, 0.29) is 22.4 Å². The second kappa shape index (κ2) is 14.6. The summed E-state index contributed by atoms with van der Waals surface area (Å²) < 4.78 is 29.4. The van der Waals surface area contributed by atoms with E-state index in [9.17, 15) is 32.7 Å². The van der Waals surface area contributed by atoms with E-state index in [2.05, 4.69) is 20.7 Å². The van der Waals surface area contributed by atoms with Crippen molar-refractivity contribution in [1.29, 1.82) is 0 Å². The number of amides is 4. The second-order valence-electron chi connectivity index (χ2n) is 12.7. The van der Waals surface area contributed by atoms with Crippen molar-refractivity contribution in [3.8, 4) is 0 Å². The fourth-order valence-corrected chi connectivity index (χ4v) is 6.92. The molecule has 13 nitrogen and oxygen atoms in total. The predicted molar refractivity (Wildman–Crippen MR) is 189 cm³/mol. The molecule has 3 aromatic carbocycles. The van der Waals surface area contributed by atoms with Crippen LogP contribution in [0.15, 0.2) is 90.0 Å². The van der Waals surface area contributed by atoms with Crippen molar-refractivity contribution in [1.82, 2.24) is 19.5 Å². The Hall–Kier alpha value is -5.47. The van der Waals surface area contributed by atoms with Crippen molar-refractivity contribution in [2.75, 3.05) is 23.7 Å². The molecule has 0 saturated heterocycles. The van der Waals surface area contributed by atoms with Gasteiger partial charge in [0.1, 0.15) is 11.7 Å². The molecule has 14 heteroatoms. The quantitative estimate of drug-likeness (QED) is 0.151. The number of sulfonamides is 1. The van der Waals surface area contributed by atoms with Crippen molar-refractivity contribution in [2.45, 2.75) is 57.1 Å². The number of nitrogens with zero attached hydrogens (tertiary/aromatic N) is 2. The molecule has 0 spiro atoms. The molecule has 1 aliphatic heterocycles. The molecule has 4 aromatic rings. The summed E-state index contributed by atoms with van der Waals surface area (Å²) in [5.74, 6) is -2.41. The zero-order chi connectivity index (χ0) is 36.2. The Balaban J connectivity index is 1.24. The van der Waals surface area contributed by atoms with Gasteiger partial charge >= 0.3 is 12.0 Å². The number of fused-ring (bicyclic) bond motifs is 1. The lowest BCUT2D eigenvalue weighted by atomic mass is 9.91. The lowest BCUT2D eigenvalue weighted by Gasteiger charge is -2.38. The van der Waals surface area contributed by atoms with Crippen LogP contribution in [-0.2, 0) is 26.9 Å². The van der Waals surface area contributed by atoms with Crippen LogP contribution in [0.4, 0.5) is 16.2 Å². The Labute approximate surface area is 290 Å². The fourth-order valence-electron chi connectivity index (χ4n) is 5.74. The Kier molecular flexibility index (Phi) is 10.4. The van der Waals surface area contributed by atoms with Crippen LogP contribution in [0.2, 0.25) is 0 Å². The number of hydrogen-bond acceptors (Lipinski definition) is 6. The van der Waals surface area contributed by atoms with Gasteiger partial charge < -0.3 is 30.5 Å². The molecule has 0 aliphatic carbocycles. The summed E-state index contributed by atoms with van der Waals surface area (Å²) in [6.07, 6.45) is 2.15. The smallest absolute Gasteiger partial charge is 0.323 e. The molecule has 5 N–H and O–H groups in total. The number of aryl methyl sites for hydroxylation is 3. The number of carbonyl (C=O) groups is 4. The molecule has 1 atom stereocenters. The van der Waals surface area contributed by atoms with Gasteiger partial charge in [-0.15, -0.1) is 0 Å². The second-order valence-corrected chi connectivity index (χ2v) is 14.4. The number of aliphatic carboxylic acids is 1. The third-order valence-electron chi connectivity index (χ3n) is 8.71. The highest BCUT2D eigenvalue weighted by Gasteiger charge is 2.36. The third kappa shape index (κ3) is 8.04. The molecule has 2 heterocycles. The number of carboxylic acids is 1. The maximum Gasteiger partial charge on any atom is 0.323 e. The summed E-state index contributed by atoms with van der Waals surface area (Å²) in [5.41, 5.74) is 3.57. The molecule has 0 radical (unpaired) electrons. The van der Waals surface area contributed by atoms with E-state index in [1.54, 1.807) is 40.7 Å². The maximum absolute atomic E-state index is 13.9. The molecule has 1 aliphatic rings. The van der Waals surface area contributed by atoms with Crippen LogP contribution in [0.5, 0.6) is 0 Å². The van der Waals surface area contributed by atoms with Gasteiger partial charge in [-0.1, -0.05) is 48.0 Å². The van der Waals surface area contributed by atoms with E-state index < -0.39 is 40.0 Å². The van der Waals surface area contributed by atoms with E-state index in [0.717, 1.165) is 16.7 Å². The Morgan fingerprint density at radius 2 is 1.60 bits per heavy atom. The van der Waals surface area contributed by atoms with Crippen molar-refractivity contribution >= 4 is 45.2 Å². The summed E-state index contributed by atoms with van der Waals surface area (Å²) in [5, 5.41) is 17.8. The van der Waals surface area contributed by atoms with Crippen LogP contribution in [0.1, 0.15) is 57.8 Å². The monoisotopic (exact) mass is 700 g/mol. The molecule has 4 amide bonds. The molecular formula is C36H40N6O7S. The summed E-state index contributed by atoms with van der Waals surface area (Å²) in [6, 6.07) is 20.1. The topological polar surface area (TPSA) is 179 Å². The first-order chi connectivity index (χ1) is 23.7. The van der Waals surface area contributed by atoms with Gasteiger partial charge in [-0.2, -0.15) is 4.72 Å². The van der Waals surface area contributed by atoms with Gasteiger partial charge in [-0.3, -0.25) is 14.4 Å². The summed E-state index contributed by atoms with van der Waals surface area (Å²) in [7, 11) is -4.17. The average Bonchev–Trinajstić information content (AvgIpc) is 3.43. The van der Waals surface area contributed by atoms with Crippen LogP contribution in [0.25, 0.3) is 0 Å². The van der Waals surface area contributed by atoms with E-state index in [4.69, 9.17) is 0 Å². The van der Waals surface area contributed by atoms with Crippen LogP contribution < -0.4 is 20.7 Å². The van der Waals surface area contributed by atoms with Gasteiger partial charge in [0.15, 0.2) is 0 Å². The van der Waals surface area contributed by atoms with Gasteiger partial charge in [0.05, 0.1) is 16.0 Å². The predicted octanol–water partition coefficient (Wildman–Crippen LogP) is 4.69. The fraction of sp³-hybridized carbons (Fsp3) is 0.278. The standard InChI is InChI=1S/C36H40N6O7S/c1-23-10-16-28(17-11-23)50(48,49)40-30(34(45)46)21-37-32(43)25-20-31-33(44)42(19-7-18-41(31)22-25)36(3,4)26-12-14-27(15-13-26)38-35(47)39-29-9-6-5-8-24(29)2/h5-6,8-17,20,22,30,40H,7,18-19,21H2,1-4H3,(H,37,43)(H,45,46)(H2,38,39,47). The van der Waals surface area contributed by atoms with E-state index in [1.807, 2.05) is 57.2 Å². The molecule has 1 aromatic heterocycles. The molecule has 1 unspecified atom stereocenters. The Morgan fingerprint density at radius 1 is 0.920 bits per heavy atom. The number of rotatable bonds is 11. The van der Waals surface area contributed by atoms with Gasteiger partial charge in [0.2, 0.25) is 10.0 Å². The molecule has 262 valence electrons. The van der Waals surface area contributed by atoms with E-state index in [1.165, 1.54) is 24.4 Å². The highest BCUT2D eigenvalue weighted by atomic mass is 32.2. The normalized spacial score (nSPS) is 13.9. The first kappa shape index (κ1) is 35.8. The van der Waals surface area contributed by atoms with Gasteiger partial charge in [0, 0.05) is 37.2 Å². The van der Waals surface area contributed by atoms with Gasteiger partial charge in [-0.05, 0) is 81.6 Å². The number of carboxylic acid groups (broad SMARTS) is 1. The molecule has 50 heavy (non-hydrogen) atoms. The minimum Gasteiger partial charge on any atom is -0.480 e. The van der Waals surface area contributed by atoms with Gasteiger partial charge in [0.25, 0.3) is 11.8 Å². The molecule has 5 rings (SSSR count). The Morgan fingerprint density at radius 3 is 2.26 bits per heavy atom. The number of hydrogen-bond donors (Lipinski definition) is 5. The zero-order valence-electron chi connectivity index (χ0n) is 28.2. The minimum atomic E-state index is -4.17. The highest BCUT2D eigenvalue weighted by molar-refractivity contribution is 7.89. The van der Waals surface area contributed by atoms with Gasteiger partial charge in [-0.25, -0.2) is 13.2 Å². The lowest BCUT2D eigenvalue weighted by molar-refractivity contribution is -0.138. The number of carbonyl (C=O) groups excluding carboxylic acids is 3. The summed E-state index contributed by atoms with van der Waals surface area (Å²) >= 11 is 0. The Bertz CT molecular complexity index is 2020. The van der Waals surface area contributed by atoms with Crippen LogP contribution in [0.3, 0.4) is 0 Å². The first-order valence-electron chi connectivity index (χ1n) is 16.0. The van der Waals surface area contributed by atoms with Crippen LogP contribution >= 0.6 is 0 Å². The lowest BCUT2D eigenvalue weighted by Crippen LogP contribution is -2.48. The maximum atomic E-state index is 13.9. The number of aromatic nitrogens is 1. The highest BCUT2D eigenvalue weighted by Crippen LogP contribution is 2.32.